The maximum Gasteiger partial charge on any atom is 0.258 e. The molecule has 1 heterocycles. The second kappa shape index (κ2) is 5.86. The summed E-state index contributed by atoms with van der Waals surface area (Å²) in [5.41, 5.74) is 0.324. The first-order valence-electron chi connectivity index (χ1n) is 4.95. The number of hydrogen-bond donors (Lipinski definition) is 1. The molecule has 1 N–H and O–H groups in total. The van der Waals surface area contributed by atoms with Crippen molar-refractivity contribution >= 4 is 57.5 Å². The fourth-order valence-corrected chi connectivity index (χ4v) is 2.02. The van der Waals surface area contributed by atoms with Crippen molar-refractivity contribution in [3.8, 4) is 0 Å². The fourth-order valence-electron chi connectivity index (χ4n) is 1.31. The average Bonchev–Trinajstić information content (AvgIpc) is 2.35. The molecule has 3 nitrogen and oxygen atoms in total. The Balaban J connectivity index is 2.22. The number of carbonyl (C=O) groups is 1. The lowest BCUT2D eigenvalue weighted by Gasteiger charge is -2.06. The average molecular weight is 393 g/mol. The topological polar surface area (TPSA) is 42.0 Å². The van der Waals surface area contributed by atoms with Gasteiger partial charge in [-0.25, -0.2) is 4.98 Å². The first-order chi connectivity index (χ1) is 8.58. The molecule has 2 aromatic rings. The molecule has 92 valence electrons. The van der Waals surface area contributed by atoms with Gasteiger partial charge in [0.05, 0.1) is 15.6 Å². The highest BCUT2D eigenvalue weighted by Gasteiger charge is 2.12. The smallest absolute Gasteiger partial charge is 0.258 e. The monoisotopic (exact) mass is 392 g/mol. The minimum atomic E-state index is -0.337. The lowest BCUT2D eigenvalue weighted by Crippen LogP contribution is -2.13. The number of nitrogens with zero attached hydrogens (tertiary/aromatic N) is 1. The predicted molar refractivity (Wildman–Crippen MR) is 81.4 cm³/mol. The summed E-state index contributed by atoms with van der Waals surface area (Å²) in [6.07, 6.45) is 1.66. The third kappa shape index (κ3) is 3.13. The van der Waals surface area contributed by atoms with E-state index in [2.05, 4.69) is 32.9 Å². The van der Waals surface area contributed by atoms with Gasteiger partial charge in [0.2, 0.25) is 0 Å². The minimum Gasteiger partial charge on any atom is -0.307 e. The molecule has 0 saturated carbocycles. The largest absolute Gasteiger partial charge is 0.307 e. The van der Waals surface area contributed by atoms with Crippen molar-refractivity contribution in [2.45, 2.75) is 0 Å². The van der Waals surface area contributed by atoms with E-state index in [0.717, 1.165) is 3.57 Å². The molecule has 6 heteroatoms. The highest BCUT2D eigenvalue weighted by Crippen LogP contribution is 2.26. The van der Waals surface area contributed by atoms with Crippen LogP contribution in [0.25, 0.3) is 0 Å². The molecule has 1 amide bonds. The summed E-state index contributed by atoms with van der Waals surface area (Å²) >= 11 is 14.0. The van der Waals surface area contributed by atoms with Crippen LogP contribution in [0.3, 0.4) is 0 Å². The van der Waals surface area contributed by atoms with Crippen LogP contribution in [0.2, 0.25) is 10.0 Å². The molecule has 0 bridgehead atoms. The summed E-state index contributed by atoms with van der Waals surface area (Å²) in [5.74, 6) is 0.132. The number of hydrogen-bond acceptors (Lipinski definition) is 2. The van der Waals surface area contributed by atoms with Crippen molar-refractivity contribution in [3.05, 3.63) is 55.7 Å². The molecule has 0 spiro atoms. The Morgan fingerprint density at radius 1 is 1.22 bits per heavy atom. The highest BCUT2D eigenvalue weighted by molar-refractivity contribution is 14.1. The highest BCUT2D eigenvalue weighted by atomic mass is 127. The lowest BCUT2D eigenvalue weighted by molar-refractivity contribution is 0.102. The lowest BCUT2D eigenvalue weighted by atomic mass is 10.2. The summed E-state index contributed by atoms with van der Waals surface area (Å²) in [4.78, 5) is 16.1. The van der Waals surface area contributed by atoms with Crippen molar-refractivity contribution in [1.82, 2.24) is 4.98 Å². The van der Waals surface area contributed by atoms with Gasteiger partial charge in [0.15, 0.2) is 0 Å². The van der Waals surface area contributed by atoms with Crippen molar-refractivity contribution in [1.29, 1.82) is 0 Å². The second-order valence-electron chi connectivity index (χ2n) is 3.42. The Morgan fingerprint density at radius 2 is 2.00 bits per heavy atom. The molecule has 2 rings (SSSR count). The Kier molecular flexibility index (Phi) is 4.42. The molecule has 0 aliphatic carbocycles. The zero-order valence-electron chi connectivity index (χ0n) is 8.95. The number of benzene rings is 1. The zero-order valence-corrected chi connectivity index (χ0v) is 12.6. The number of anilines is 1. The van der Waals surface area contributed by atoms with E-state index in [9.17, 15) is 4.79 Å². The molecular formula is C12H7Cl2IN2O. The number of amides is 1. The maximum atomic E-state index is 12.0. The van der Waals surface area contributed by atoms with Gasteiger partial charge in [0.1, 0.15) is 5.82 Å². The fraction of sp³-hybridized carbons (Fsp3) is 0. The number of aromatic nitrogens is 1. The van der Waals surface area contributed by atoms with Crippen molar-refractivity contribution in [3.63, 3.8) is 0 Å². The van der Waals surface area contributed by atoms with E-state index in [-0.39, 0.29) is 10.9 Å². The molecule has 0 aliphatic heterocycles. The molecular weight excluding hydrogens is 386 g/mol. The molecule has 0 unspecified atom stereocenters. The summed E-state index contributed by atoms with van der Waals surface area (Å²) in [5, 5.41) is 3.24. The summed E-state index contributed by atoms with van der Waals surface area (Å²) in [6, 6.07) is 8.48. The van der Waals surface area contributed by atoms with Gasteiger partial charge in [-0.05, 0) is 46.9 Å². The van der Waals surface area contributed by atoms with Crippen LogP contribution in [0, 0.1) is 3.57 Å². The standard InChI is InChI=1S/C12H7Cl2IN2O/c13-9-3-1-2-8(11(9)14)12(18)17-10-5-4-7(15)6-16-10/h1-6H,(H,16,17,18). The van der Waals surface area contributed by atoms with E-state index < -0.39 is 0 Å². The Bertz CT molecular complexity index is 587. The molecule has 0 saturated heterocycles. The van der Waals surface area contributed by atoms with E-state index in [1.807, 2.05) is 6.07 Å². The van der Waals surface area contributed by atoms with E-state index in [1.165, 1.54) is 0 Å². The number of pyridine rings is 1. The van der Waals surface area contributed by atoms with Gasteiger partial charge in [-0.1, -0.05) is 29.3 Å². The van der Waals surface area contributed by atoms with Gasteiger partial charge in [0.25, 0.3) is 5.91 Å². The summed E-state index contributed by atoms with van der Waals surface area (Å²) in [6.45, 7) is 0. The quantitative estimate of drug-likeness (QED) is 0.776. The first kappa shape index (κ1) is 13.6. The summed E-state index contributed by atoms with van der Waals surface area (Å²) in [7, 11) is 0. The van der Waals surface area contributed by atoms with Gasteiger partial charge in [-0.3, -0.25) is 4.79 Å². The van der Waals surface area contributed by atoms with Crippen LogP contribution < -0.4 is 5.32 Å². The van der Waals surface area contributed by atoms with Crippen LogP contribution >= 0.6 is 45.8 Å². The Morgan fingerprint density at radius 3 is 2.67 bits per heavy atom. The summed E-state index contributed by atoms with van der Waals surface area (Å²) < 4.78 is 0.992. The van der Waals surface area contributed by atoms with Crippen LogP contribution in [0.5, 0.6) is 0 Å². The van der Waals surface area contributed by atoms with Crippen molar-refractivity contribution in [2.24, 2.45) is 0 Å². The molecule has 1 aromatic heterocycles. The van der Waals surface area contributed by atoms with Crippen LogP contribution in [0.1, 0.15) is 10.4 Å². The van der Waals surface area contributed by atoms with Crippen LogP contribution in [-0.4, -0.2) is 10.9 Å². The Labute approximate surface area is 128 Å². The first-order valence-corrected chi connectivity index (χ1v) is 6.78. The zero-order chi connectivity index (χ0) is 13.1. The Hall–Kier alpha value is -0.850. The third-order valence-electron chi connectivity index (χ3n) is 2.17. The number of carbonyl (C=O) groups excluding carboxylic acids is 1. The molecule has 0 fully saturated rings. The van der Waals surface area contributed by atoms with Gasteiger partial charge in [0, 0.05) is 9.77 Å². The third-order valence-corrected chi connectivity index (χ3v) is 3.62. The van der Waals surface area contributed by atoms with Gasteiger partial charge < -0.3 is 5.32 Å². The van der Waals surface area contributed by atoms with Gasteiger partial charge >= 0.3 is 0 Å². The van der Waals surface area contributed by atoms with Crippen molar-refractivity contribution in [2.75, 3.05) is 5.32 Å². The molecule has 0 radical (unpaired) electrons. The SMILES string of the molecule is O=C(Nc1ccc(I)cn1)c1cccc(Cl)c1Cl. The second-order valence-corrected chi connectivity index (χ2v) is 5.45. The molecule has 18 heavy (non-hydrogen) atoms. The van der Waals surface area contributed by atoms with Crippen molar-refractivity contribution < 1.29 is 4.79 Å². The molecule has 1 aromatic carbocycles. The number of rotatable bonds is 2. The van der Waals surface area contributed by atoms with Gasteiger partial charge in [-0.2, -0.15) is 0 Å². The predicted octanol–water partition coefficient (Wildman–Crippen LogP) is 4.25. The van der Waals surface area contributed by atoms with E-state index >= 15 is 0 Å². The van der Waals surface area contributed by atoms with Gasteiger partial charge in [-0.15, -0.1) is 0 Å². The number of nitrogens with one attached hydrogen (secondary N) is 1. The number of halogens is 3. The van der Waals surface area contributed by atoms with Crippen LogP contribution in [-0.2, 0) is 0 Å². The molecule has 0 aliphatic rings. The molecule has 0 atom stereocenters. The van der Waals surface area contributed by atoms with E-state index in [1.54, 1.807) is 30.5 Å². The van der Waals surface area contributed by atoms with E-state index in [4.69, 9.17) is 23.2 Å². The van der Waals surface area contributed by atoms with Crippen LogP contribution in [0.4, 0.5) is 5.82 Å². The van der Waals surface area contributed by atoms with Crippen LogP contribution in [0.15, 0.2) is 36.5 Å². The normalized spacial score (nSPS) is 10.2. The van der Waals surface area contributed by atoms with E-state index in [0.29, 0.717) is 16.4 Å². The minimum absolute atomic E-state index is 0.238. The maximum absolute atomic E-state index is 12.0.